The van der Waals surface area contributed by atoms with Crippen LogP contribution in [-0.4, -0.2) is 30.0 Å². The van der Waals surface area contributed by atoms with Crippen LogP contribution in [0.4, 0.5) is 0 Å². The third-order valence-electron chi connectivity index (χ3n) is 7.76. The number of hydrogen-bond donors (Lipinski definition) is 1. The van der Waals surface area contributed by atoms with E-state index in [-0.39, 0.29) is 16.6 Å². The average Bonchev–Trinajstić information content (AvgIpc) is 3.04. The van der Waals surface area contributed by atoms with Crippen molar-refractivity contribution in [2.75, 3.05) is 0 Å². The highest BCUT2D eigenvalue weighted by molar-refractivity contribution is 7.99. The zero-order valence-electron chi connectivity index (χ0n) is 27.0. The Hall–Kier alpha value is -4.88. The van der Waals surface area contributed by atoms with Crippen molar-refractivity contribution >= 4 is 11.8 Å². The fourth-order valence-electron chi connectivity index (χ4n) is 5.16. The van der Waals surface area contributed by atoms with Crippen LogP contribution >= 0.6 is 11.8 Å². The zero-order chi connectivity index (χ0) is 32.5. The lowest BCUT2D eigenvalue weighted by molar-refractivity contribution is 0.446. The zero-order valence-corrected chi connectivity index (χ0v) is 27.8. The van der Waals surface area contributed by atoms with Crippen LogP contribution in [0, 0.1) is 0 Å². The SMILES string of the molecule is CC(C)(C)c1cc(-c2nc(-c3ccccc3)nc(-c3cccc(Sc4cc(-c5ccncc5)ccn4)c3)n2)c(O)c(C(C)(C)C)c1. The van der Waals surface area contributed by atoms with Gasteiger partial charge in [0.2, 0.25) is 0 Å². The summed E-state index contributed by atoms with van der Waals surface area (Å²) in [5, 5.41) is 12.6. The minimum absolute atomic E-state index is 0.144. The van der Waals surface area contributed by atoms with Crippen molar-refractivity contribution in [3.63, 3.8) is 0 Å². The largest absolute Gasteiger partial charge is 0.507 e. The van der Waals surface area contributed by atoms with Crippen molar-refractivity contribution in [1.29, 1.82) is 0 Å². The maximum atomic E-state index is 11.7. The monoisotopic (exact) mass is 623 g/mol. The van der Waals surface area contributed by atoms with Gasteiger partial charge in [0.15, 0.2) is 17.5 Å². The van der Waals surface area contributed by atoms with Crippen molar-refractivity contribution in [3.05, 3.63) is 121 Å². The standard InChI is InChI=1S/C39H37N5OS/c1-38(2,3)29-23-31(34(45)32(24-29)39(4,5)6)37-43-35(26-11-8-7-9-12-26)42-36(44-37)28-13-10-14-30(21-28)46-33-22-27(17-20-41-33)25-15-18-40-19-16-25/h7-24,45H,1-6H3. The average molecular weight is 624 g/mol. The first kappa shape index (κ1) is 31.1. The van der Waals surface area contributed by atoms with Gasteiger partial charge < -0.3 is 5.11 Å². The van der Waals surface area contributed by atoms with Crippen molar-refractivity contribution in [2.24, 2.45) is 0 Å². The van der Waals surface area contributed by atoms with E-state index in [1.165, 1.54) is 0 Å². The van der Waals surface area contributed by atoms with Gasteiger partial charge in [-0.25, -0.2) is 19.9 Å². The lowest BCUT2D eigenvalue weighted by Crippen LogP contribution is -2.17. The minimum atomic E-state index is -0.285. The Bertz CT molecular complexity index is 2000. The molecule has 0 atom stereocenters. The fraction of sp³-hybridized carbons (Fsp3) is 0.205. The van der Waals surface area contributed by atoms with Crippen LogP contribution in [0.2, 0.25) is 0 Å². The number of hydrogen-bond acceptors (Lipinski definition) is 7. The molecular weight excluding hydrogens is 587 g/mol. The molecule has 7 heteroatoms. The van der Waals surface area contributed by atoms with E-state index in [0.29, 0.717) is 23.0 Å². The van der Waals surface area contributed by atoms with Crippen LogP contribution in [0.5, 0.6) is 5.75 Å². The van der Waals surface area contributed by atoms with Crippen LogP contribution in [0.15, 0.2) is 120 Å². The van der Waals surface area contributed by atoms with Crippen molar-refractivity contribution in [1.82, 2.24) is 24.9 Å². The summed E-state index contributed by atoms with van der Waals surface area (Å²) in [5.41, 5.74) is 6.02. The molecular formula is C39H37N5OS. The minimum Gasteiger partial charge on any atom is -0.507 e. The molecule has 1 N–H and O–H groups in total. The van der Waals surface area contributed by atoms with Gasteiger partial charge in [0.05, 0.1) is 5.56 Å². The molecule has 0 saturated heterocycles. The van der Waals surface area contributed by atoms with Gasteiger partial charge >= 0.3 is 0 Å². The highest BCUT2D eigenvalue weighted by atomic mass is 32.2. The van der Waals surface area contributed by atoms with Crippen LogP contribution in [0.3, 0.4) is 0 Å². The molecule has 0 saturated carbocycles. The number of nitrogens with zero attached hydrogens (tertiary/aromatic N) is 5. The molecule has 0 aliphatic heterocycles. The van der Waals surface area contributed by atoms with E-state index in [1.807, 2.05) is 72.9 Å². The topological polar surface area (TPSA) is 84.7 Å². The van der Waals surface area contributed by atoms with Gasteiger partial charge in [0.1, 0.15) is 10.8 Å². The third kappa shape index (κ3) is 6.85. The molecule has 230 valence electrons. The summed E-state index contributed by atoms with van der Waals surface area (Å²) in [7, 11) is 0. The summed E-state index contributed by atoms with van der Waals surface area (Å²) in [4.78, 5) is 24.6. The second-order valence-corrected chi connectivity index (χ2v) is 14.4. The second-order valence-electron chi connectivity index (χ2n) is 13.3. The lowest BCUT2D eigenvalue weighted by atomic mass is 9.79. The summed E-state index contributed by atoms with van der Waals surface area (Å²) in [6, 6.07) is 30.2. The Morgan fingerprint density at radius 3 is 1.91 bits per heavy atom. The highest BCUT2D eigenvalue weighted by Gasteiger charge is 2.27. The highest BCUT2D eigenvalue weighted by Crippen LogP contribution is 2.42. The molecule has 6 nitrogen and oxygen atoms in total. The predicted octanol–water partition coefficient (Wildman–Crippen LogP) is 9.78. The Morgan fingerprint density at radius 2 is 1.22 bits per heavy atom. The van der Waals surface area contributed by atoms with Crippen LogP contribution in [-0.2, 0) is 10.8 Å². The van der Waals surface area contributed by atoms with Crippen molar-refractivity contribution in [2.45, 2.75) is 62.3 Å². The number of aromatic hydroxyl groups is 1. The van der Waals surface area contributed by atoms with E-state index in [9.17, 15) is 5.11 Å². The van der Waals surface area contributed by atoms with Crippen LogP contribution in [0.25, 0.3) is 45.3 Å². The fourth-order valence-corrected chi connectivity index (χ4v) is 6.03. The Morgan fingerprint density at radius 1 is 0.565 bits per heavy atom. The van der Waals surface area contributed by atoms with Gasteiger partial charge in [-0.1, -0.05) is 102 Å². The van der Waals surface area contributed by atoms with E-state index in [0.717, 1.165) is 43.3 Å². The molecule has 0 unspecified atom stereocenters. The molecule has 0 amide bonds. The lowest BCUT2D eigenvalue weighted by Gasteiger charge is -2.27. The normalized spacial score (nSPS) is 11.9. The quantitative estimate of drug-likeness (QED) is 0.198. The summed E-state index contributed by atoms with van der Waals surface area (Å²) < 4.78 is 0. The van der Waals surface area contributed by atoms with Crippen LogP contribution < -0.4 is 0 Å². The van der Waals surface area contributed by atoms with E-state index in [2.05, 4.69) is 75.8 Å². The number of phenols is 1. The smallest absolute Gasteiger partial charge is 0.167 e. The number of aromatic nitrogens is 5. The van der Waals surface area contributed by atoms with E-state index in [4.69, 9.17) is 15.0 Å². The Kier molecular flexibility index (Phi) is 8.45. The molecule has 6 aromatic rings. The molecule has 0 aliphatic carbocycles. The van der Waals surface area contributed by atoms with Crippen molar-refractivity contribution < 1.29 is 5.11 Å². The molecule has 0 bridgehead atoms. The van der Waals surface area contributed by atoms with E-state index >= 15 is 0 Å². The molecule has 6 rings (SSSR count). The Labute approximate surface area is 275 Å². The van der Waals surface area contributed by atoms with Gasteiger partial charge in [0, 0.05) is 40.2 Å². The van der Waals surface area contributed by atoms with Crippen LogP contribution in [0.1, 0.15) is 52.7 Å². The predicted molar refractivity (Wildman–Crippen MR) is 187 cm³/mol. The maximum Gasteiger partial charge on any atom is 0.167 e. The number of benzene rings is 3. The maximum absolute atomic E-state index is 11.7. The van der Waals surface area contributed by atoms with Gasteiger partial charge in [-0.2, -0.15) is 0 Å². The summed E-state index contributed by atoms with van der Waals surface area (Å²) in [6.07, 6.45) is 5.42. The van der Waals surface area contributed by atoms with E-state index in [1.54, 1.807) is 24.2 Å². The first-order valence-electron chi connectivity index (χ1n) is 15.3. The van der Waals surface area contributed by atoms with Crippen molar-refractivity contribution in [3.8, 4) is 51.0 Å². The second kappa shape index (κ2) is 12.5. The molecule has 46 heavy (non-hydrogen) atoms. The molecule has 0 aliphatic rings. The summed E-state index contributed by atoms with van der Waals surface area (Å²) in [6.45, 7) is 12.9. The molecule has 3 aromatic carbocycles. The molecule has 0 fully saturated rings. The first-order chi connectivity index (χ1) is 22.0. The first-order valence-corrected chi connectivity index (χ1v) is 16.1. The molecule has 0 radical (unpaired) electrons. The van der Waals surface area contributed by atoms with Gasteiger partial charge in [-0.3, -0.25) is 4.98 Å². The van der Waals surface area contributed by atoms with Gasteiger partial charge in [-0.05, 0) is 70.0 Å². The Balaban J connectivity index is 1.46. The summed E-state index contributed by atoms with van der Waals surface area (Å²) >= 11 is 1.58. The number of phenolic OH excluding ortho intramolecular Hbond substituents is 1. The molecule has 3 aromatic heterocycles. The van der Waals surface area contributed by atoms with E-state index < -0.39 is 0 Å². The third-order valence-corrected chi connectivity index (χ3v) is 8.68. The van der Waals surface area contributed by atoms with Gasteiger partial charge in [-0.15, -0.1) is 0 Å². The van der Waals surface area contributed by atoms with Gasteiger partial charge in [0.25, 0.3) is 0 Å². The summed E-state index contributed by atoms with van der Waals surface area (Å²) in [5.74, 6) is 1.70. The molecule has 3 heterocycles. The number of pyridine rings is 2. The molecule has 0 spiro atoms. The number of rotatable bonds is 6.